The van der Waals surface area contributed by atoms with Gasteiger partial charge < -0.3 is 0 Å². The molecule has 5 heteroatoms. The van der Waals surface area contributed by atoms with Gasteiger partial charge in [-0.2, -0.15) is 0 Å². The highest BCUT2D eigenvalue weighted by atomic mass is 35.5. The largest absolute Gasteiger partial charge is 0.307 e. The second-order valence-corrected chi connectivity index (χ2v) is 3.11. The normalized spacial score (nSPS) is 10.4. The van der Waals surface area contributed by atoms with Gasteiger partial charge in [0.1, 0.15) is 0 Å². The number of pyridine rings is 1. The Balaban J connectivity index is 2.77. The van der Waals surface area contributed by atoms with Crippen LogP contribution in [0.2, 0.25) is 5.15 Å². The number of nitro groups is 1. The lowest BCUT2D eigenvalue weighted by Gasteiger charge is -1.98. The lowest BCUT2D eigenvalue weighted by atomic mass is 10.2. The van der Waals surface area contributed by atoms with Crippen LogP contribution in [0, 0.1) is 10.1 Å². The van der Waals surface area contributed by atoms with E-state index in [9.17, 15) is 10.1 Å². The molecule has 2 rings (SSSR count). The number of fused-ring (bicyclic) bond motifs is 1. The zero-order chi connectivity index (χ0) is 10.1. The maximum Gasteiger partial charge on any atom is 0.307 e. The minimum Gasteiger partial charge on any atom is -0.258 e. The van der Waals surface area contributed by atoms with E-state index in [1.807, 2.05) is 0 Å². The van der Waals surface area contributed by atoms with Crippen LogP contribution in [0.4, 0.5) is 5.69 Å². The minimum absolute atomic E-state index is 0.0753. The molecule has 1 aromatic heterocycles. The van der Waals surface area contributed by atoms with Gasteiger partial charge in [0.2, 0.25) is 5.15 Å². The highest BCUT2D eigenvalue weighted by Crippen LogP contribution is 2.26. The van der Waals surface area contributed by atoms with Crippen molar-refractivity contribution in [2.75, 3.05) is 0 Å². The molecule has 14 heavy (non-hydrogen) atoms. The molecule has 0 amide bonds. The summed E-state index contributed by atoms with van der Waals surface area (Å²) < 4.78 is 0. The van der Waals surface area contributed by atoms with E-state index < -0.39 is 4.92 Å². The molecule has 0 aliphatic carbocycles. The third kappa shape index (κ3) is 1.40. The highest BCUT2D eigenvalue weighted by Gasteiger charge is 2.14. The summed E-state index contributed by atoms with van der Waals surface area (Å²) in [5.74, 6) is 0. The van der Waals surface area contributed by atoms with Gasteiger partial charge in [0.05, 0.1) is 10.4 Å². The SMILES string of the molecule is O=[N+]([O-])c1cc2ccccc2nc1Cl. The van der Waals surface area contributed by atoms with Crippen molar-refractivity contribution in [2.24, 2.45) is 0 Å². The fourth-order valence-electron chi connectivity index (χ4n) is 1.21. The molecule has 0 N–H and O–H groups in total. The van der Waals surface area contributed by atoms with Crippen LogP contribution in [0.25, 0.3) is 10.9 Å². The van der Waals surface area contributed by atoms with Gasteiger partial charge in [0.15, 0.2) is 0 Å². The van der Waals surface area contributed by atoms with Crippen molar-refractivity contribution >= 4 is 28.2 Å². The molecular weight excluding hydrogens is 204 g/mol. The molecule has 0 unspecified atom stereocenters. The lowest BCUT2D eigenvalue weighted by molar-refractivity contribution is -0.384. The molecule has 70 valence electrons. The van der Waals surface area contributed by atoms with Crippen molar-refractivity contribution in [1.82, 2.24) is 4.98 Å². The fourth-order valence-corrected chi connectivity index (χ4v) is 1.42. The zero-order valence-corrected chi connectivity index (χ0v) is 7.73. The molecule has 0 saturated heterocycles. The van der Waals surface area contributed by atoms with Crippen LogP contribution in [0.15, 0.2) is 30.3 Å². The summed E-state index contributed by atoms with van der Waals surface area (Å²) in [6, 6.07) is 8.53. The number of para-hydroxylation sites is 1. The first-order chi connectivity index (χ1) is 6.68. The first kappa shape index (κ1) is 8.90. The summed E-state index contributed by atoms with van der Waals surface area (Å²) in [6.07, 6.45) is 0. The Morgan fingerprint density at radius 1 is 1.36 bits per heavy atom. The topological polar surface area (TPSA) is 56.0 Å². The van der Waals surface area contributed by atoms with Gasteiger partial charge in [0.25, 0.3) is 0 Å². The third-order valence-corrected chi connectivity index (χ3v) is 2.13. The van der Waals surface area contributed by atoms with Crippen molar-refractivity contribution in [3.05, 3.63) is 45.6 Å². The molecule has 1 heterocycles. The molecule has 4 nitrogen and oxygen atoms in total. The number of hydrogen-bond donors (Lipinski definition) is 0. The predicted octanol–water partition coefficient (Wildman–Crippen LogP) is 2.80. The molecule has 0 aliphatic rings. The van der Waals surface area contributed by atoms with Crippen LogP contribution in [-0.4, -0.2) is 9.91 Å². The summed E-state index contributed by atoms with van der Waals surface area (Å²) in [6.45, 7) is 0. The van der Waals surface area contributed by atoms with Gasteiger partial charge in [-0.1, -0.05) is 29.8 Å². The van der Waals surface area contributed by atoms with Crippen molar-refractivity contribution in [1.29, 1.82) is 0 Å². The predicted molar refractivity (Wildman–Crippen MR) is 53.4 cm³/mol. The number of benzene rings is 1. The molecule has 0 spiro atoms. The number of rotatable bonds is 1. The summed E-state index contributed by atoms with van der Waals surface area (Å²) in [7, 11) is 0. The van der Waals surface area contributed by atoms with Crippen LogP contribution in [-0.2, 0) is 0 Å². The van der Waals surface area contributed by atoms with E-state index >= 15 is 0 Å². The Labute approximate surface area is 84.3 Å². The Bertz CT molecular complexity index is 513. The van der Waals surface area contributed by atoms with Crippen LogP contribution in [0.5, 0.6) is 0 Å². The van der Waals surface area contributed by atoms with Gasteiger partial charge >= 0.3 is 5.69 Å². The van der Waals surface area contributed by atoms with Crippen LogP contribution in [0.3, 0.4) is 0 Å². The van der Waals surface area contributed by atoms with Crippen LogP contribution in [0.1, 0.15) is 0 Å². The first-order valence-corrected chi connectivity index (χ1v) is 4.26. The number of nitrogens with zero attached hydrogens (tertiary/aromatic N) is 2. The maximum absolute atomic E-state index is 10.5. The zero-order valence-electron chi connectivity index (χ0n) is 6.98. The van der Waals surface area contributed by atoms with Crippen molar-refractivity contribution in [3.63, 3.8) is 0 Å². The first-order valence-electron chi connectivity index (χ1n) is 3.88. The van der Waals surface area contributed by atoms with E-state index in [0.29, 0.717) is 10.9 Å². The third-order valence-electron chi connectivity index (χ3n) is 1.86. The Hall–Kier alpha value is -1.68. The summed E-state index contributed by atoms with van der Waals surface area (Å²) >= 11 is 5.65. The van der Waals surface area contributed by atoms with Crippen molar-refractivity contribution < 1.29 is 4.92 Å². The second-order valence-electron chi connectivity index (χ2n) is 2.75. The van der Waals surface area contributed by atoms with E-state index in [1.54, 1.807) is 24.3 Å². The molecule has 0 bridgehead atoms. The number of halogens is 1. The quantitative estimate of drug-likeness (QED) is 0.411. The van der Waals surface area contributed by atoms with Gasteiger partial charge in [-0.05, 0) is 6.07 Å². The molecular formula is C9H5ClN2O2. The Morgan fingerprint density at radius 2 is 2.07 bits per heavy atom. The van der Waals surface area contributed by atoms with E-state index in [-0.39, 0.29) is 10.8 Å². The van der Waals surface area contributed by atoms with E-state index in [1.165, 1.54) is 6.07 Å². The molecule has 0 saturated carbocycles. The van der Waals surface area contributed by atoms with Crippen LogP contribution < -0.4 is 0 Å². The molecule has 0 atom stereocenters. The van der Waals surface area contributed by atoms with E-state index in [0.717, 1.165) is 0 Å². The smallest absolute Gasteiger partial charge is 0.258 e. The number of aromatic nitrogens is 1. The Kier molecular flexibility index (Phi) is 2.05. The summed E-state index contributed by atoms with van der Waals surface area (Å²) in [4.78, 5) is 13.9. The summed E-state index contributed by atoms with van der Waals surface area (Å²) in [5, 5.41) is 11.2. The molecule has 0 fully saturated rings. The molecule has 0 aliphatic heterocycles. The average molecular weight is 209 g/mol. The monoisotopic (exact) mass is 208 g/mol. The van der Waals surface area contributed by atoms with Gasteiger partial charge in [-0.3, -0.25) is 10.1 Å². The highest BCUT2D eigenvalue weighted by molar-refractivity contribution is 6.31. The van der Waals surface area contributed by atoms with Gasteiger partial charge in [0, 0.05) is 11.5 Å². The minimum atomic E-state index is -0.540. The van der Waals surface area contributed by atoms with E-state index in [2.05, 4.69) is 4.98 Å². The van der Waals surface area contributed by atoms with Gasteiger partial charge in [-0.25, -0.2) is 4.98 Å². The number of hydrogen-bond acceptors (Lipinski definition) is 3. The second kappa shape index (κ2) is 3.23. The van der Waals surface area contributed by atoms with Crippen molar-refractivity contribution in [2.45, 2.75) is 0 Å². The molecule has 0 radical (unpaired) electrons. The summed E-state index contributed by atoms with van der Waals surface area (Å²) in [5.41, 5.74) is 0.494. The maximum atomic E-state index is 10.5. The van der Waals surface area contributed by atoms with Crippen molar-refractivity contribution in [3.8, 4) is 0 Å². The average Bonchev–Trinajstić information content (AvgIpc) is 2.16. The van der Waals surface area contributed by atoms with Gasteiger partial charge in [-0.15, -0.1) is 0 Å². The molecule has 1 aromatic carbocycles. The fraction of sp³-hybridized carbons (Fsp3) is 0. The lowest BCUT2D eigenvalue weighted by Crippen LogP contribution is -1.91. The van der Waals surface area contributed by atoms with Crippen LogP contribution >= 0.6 is 11.6 Å². The Morgan fingerprint density at radius 3 is 2.79 bits per heavy atom. The van der Waals surface area contributed by atoms with E-state index in [4.69, 9.17) is 11.6 Å². The standard InChI is InChI=1S/C9H5ClN2O2/c10-9-8(12(13)14)5-6-3-1-2-4-7(6)11-9/h1-5H. The molecule has 2 aromatic rings.